The molecule has 0 aliphatic carbocycles. The first kappa shape index (κ1) is 14.3. The number of aryl methyl sites for hydroxylation is 1. The zero-order valence-electron chi connectivity index (χ0n) is 10.3. The molecular formula is C13H10BrFN2O3. The number of hydrogen-bond acceptors (Lipinski definition) is 2. The van der Waals surface area contributed by atoms with E-state index in [-0.39, 0.29) is 21.3 Å². The molecular weight excluding hydrogens is 331 g/mol. The van der Waals surface area contributed by atoms with Gasteiger partial charge in [-0.05, 0) is 41.1 Å². The molecule has 0 radical (unpaired) electrons. The number of rotatable bonds is 3. The predicted octanol–water partition coefficient (Wildman–Crippen LogP) is 3.18. The number of benzene rings is 1. The first-order chi connectivity index (χ1) is 9.40. The van der Waals surface area contributed by atoms with Crippen LogP contribution in [-0.2, 0) is 0 Å². The van der Waals surface area contributed by atoms with Gasteiger partial charge in [0.05, 0.1) is 10.2 Å². The zero-order valence-corrected chi connectivity index (χ0v) is 11.9. The van der Waals surface area contributed by atoms with E-state index in [4.69, 9.17) is 5.11 Å². The average Bonchev–Trinajstić information content (AvgIpc) is 2.73. The number of carboxylic acid groups (broad SMARTS) is 1. The fourth-order valence-electron chi connectivity index (χ4n) is 1.73. The number of aromatic carboxylic acids is 1. The number of carboxylic acids is 1. The monoisotopic (exact) mass is 340 g/mol. The number of aromatic amines is 1. The van der Waals surface area contributed by atoms with Crippen LogP contribution in [0.4, 0.5) is 10.1 Å². The molecule has 0 unspecified atom stereocenters. The lowest BCUT2D eigenvalue weighted by molar-refractivity contribution is 0.0697. The number of amides is 1. The topological polar surface area (TPSA) is 82.2 Å². The van der Waals surface area contributed by atoms with E-state index in [0.29, 0.717) is 5.69 Å². The third kappa shape index (κ3) is 2.72. The normalized spacial score (nSPS) is 10.3. The molecule has 0 bridgehead atoms. The summed E-state index contributed by atoms with van der Waals surface area (Å²) in [6.07, 6.45) is 1.40. The van der Waals surface area contributed by atoms with E-state index in [1.54, 1.807) is 6.92 Å². The van der Waals surface area contributed by atoms with E-state index >= 15 is 0 Å². The van der Waals surface area contributed by atoms with Gasteiger partial charge in [-0.15, -0.1) is 0 Å². The Morgan fingerprint density at radius 3 is 2.70 bits per heavy atom. The molecule has 0 aliphatic rings. The van der Waals surface area contributed by atoms with Crippen LogP contribution in [0.1, 0.15) is 26.4 Å². The van der Waals surface area contributed by atoms with Gasteiger partial charge in [-0.1, -0.05) is 0 Å². The molecule has 0 atom stereocenters. The summed E-state index contributed by atoms with van der Waals surface area (Å²) >= 11 is 2.99. The highest BCUT2D eigenvalue weighted by molar-refractivity contribution is 9.10. The fourth-order valence-corrected chi connectivity index (χ4v) is 2.11. The molecule has 2 rings (SSSR count). The van der Waals surface area contributed by atoms with Crippen molar-refractivity contribution in [2.24, 2.45) is 0 Å². The van der Waals surface area contributed by atoms with E-state index in [1.165, 1.54) is 18.3 Å². The number of anilines is 1. The Labute approximate surface area is 121 Å². The minimum Gasteiger partial charge on any atom is -0.478 e. The summed E-state index contributed by atoms with van der Waals surface area (Å²) < 4.78 is 13.3. The summed E-state index contributed by atoms with van der Waals surface area (Å²) in [5, 5.41) is 11.6. The van der Waals surface area contributed by atoms with Crippen molar-refractivity contribution in [3.63, 3.8) is 0 Å². The van der Waals surface area contributed by atoms with Crippen molar-refractivity contribution in [1.82, 2.24) is 4.98 Å². The van der Waals surface area contributed by atoms with Gasteiger partial charge in [0.15, 0.2) is 0 Å². The van der Waals surface area contributed by atoms with Crippen molar-refractivity contribution in [1.29, 1.82) is 0 Å². The average molecular weight is 341 g/mol. The lowest BCUT2D eigenvalue weighted by atomic mass is 10.2. The first-order valence-corrected chi connectivity index (χ1v) is 6.37. The van der Waals surface area contributed by atoms with Gasteiger partial charge < -0.3 is 15.4 Å². The van der Waals surface area contributed by atoms with Crippen molar-refractivity contribution >= 4 is 33.5 Å². The van der Waals surface area contributed by atoms with Crippen LogP contribution in [0.3, 0.4) is 0 Å². The maximum atomic E-state index is 13.1. The highest BCUT2D eigenvalue weighted by Gasteiger charge is 2.18. The van der Waals surface area contributed by atoms with Crippen molar-refractivity contribution < 1.29 is 19.1 Å². The van der Waals surface area contributed by atoms with Crippen LogP contribution in [0.15, 0.2) is 28.9 Å². The molecule has 3 N–H and O–H groups in total. The number of carbonyl (C=O) groups excluding carboxylic acids is 1. The maximum absolute atomic E-state index is 13.1. The molecule has 0 saturated carbocycles. The molecule has 0 saturated heterocycles. The highest BCUT2D eigenvalue weighted by Crippen LogP contribution is 2.21. The van der Waals surface area contributed by atoms with Crippen molar-refractivity contribution in [2.45, 2.75) is 6.92 Å². The van der Waals surface area contributed by atoms with Crippen LogP contribution in [0.25, 0.3) is 0 Å². The van der Waals surface area contributed by atoms with Crippen molar-refractivity contribution in [3.05, 3.63) is 51.5 Å². The van der Waals surface area contributed by atoms with Crippen LogP contribution in [0.2, 0.25) is 0 Å². The molecule has 0 fully saturated rings. The van der Waals surface area contributed by atoms with Crippen LogP contribution < -0.4 is 5.32 Å². The number of carbonyl (C=O) groups is 2. The van der Waals surface area contributed by atoms with Gasteiger partial charge in [0.25, 0.3) is 5.91 Å². The smallest absolute Gasteiger partial charge is 0.339 e. The van der Waals surface area contributed by atoms with E-state index < -0.39 is 17.7 Å². The molecule has 20 heavy (non-hydrogen) atoms. The van der Waals surface area contributed by atoms with E-state index in [2.05, 4.69) is 26.2 Å². The Morgan fingerprint density at radius 2 is 2.10 bits per heavy atom. The summed E-state index contributed by atoms with van der Waals surface area (Å²) in [5.74, 6) is -2.14. The molecule has 0 aliphatic heterocycles. The Morgan fingerprint density at radius 1 is 1.40 bits per heavy atom. The number of nitrogens with one attached hydrogen (secondary N) is 2. The largest absolute Gasteiger partial charge is 0.478 e. The summed E-state index contributed by atoms with van der Waals surface area (Å²) in [7, 11) is 0. The molecule has 5 nitrogen and oxygen atoms in total. The number of aromatic nitrogens is 1. The molecule has 1 aromatic carbocycles. The predicted molar refractivity (Wildman–Crippen MR) is 74.5 cm³/mol. The minimum absolute atomic E-state index is 0.000438. The fraction of sp³-hybridized carbons (Fsp3) is 0.0769. The van der Waals surface area contributed by atoms with Gasteiger partial charge in [0.1, 0.15) is 11.4 Å². The maximum Gasteiger partial charge on any atom is 0.339 e. The van der Waals surface area contributed by atoms with Crippen LogP contribution >= 0.6 is 15.9 Å². The quantitative estimate of drug-likeness (QED) is 0.802. The molecule has 0 spiro atoms. The third-order valence-corrected chi connectivity index (χ3v) is 3.33. The number of H-pyrrole nitrogens is 1. The summed E-state index contributed by atoms with van der Waals surface area (Å²) in [6.45, 7) is 1.59. The molecule has 1 heterocycles. The number of hydrogen-bond donors (Lipinski definition) is 3. The number of halogens is 2. The van der Waals surface area contributed by atoms with E-state index in [1.807, 2.05) is 0 Å². The van der Waals surface area contributed by atoms with Crippen LogP contribution in [0, 0.1) is 12.7 Å². The Balaban J connectivity index is 2.28. The van der Waals surface area contributed by atoms with E-state index in [0.717, 1.165) is 6.07 Å². The lowest BCUT2D eigenvalue weighted by Crippen LogP contribution is -2.14. The van der Waals surface area contributed by atoms with Gasteiger partial charge in [0.2, 0.25) is 0 Å². The Bertz CT molecular complexity index is 697. The van der Waals surface area contributed by atoms with Gasteiger partial charge in [-0.25, -0.2) is 9.18 Å². The molecule has 1 aromatic heterocycles. The highest BCUT2D eigenvalue weighted by atomic mass is 79.9. The molecule has 1 amide bonds. The summed E-state index contributed by atoms with van der Waals surface area (Å²) in [5.41, 5.74) is 0.821. The van der Waals surface area contributed by atoms with Crippen molar-refractivity contribution in [2.75, 3.05) is 5.32 Å². The molecule has 104 valence electrons. The van der Waals surface area contributed by atoms with Gasteiger partial charge >= 0.3 is 5.97 Å². The second-order valence-electron chi connectivity index (χ2n) is 4.09. The second-order valence-corrected chi connectivity index (χ2v) is 4.94. The van der Waals surface area contributed by atoms with Crippen LogP contribution in [0.5, 0.6) is 0 Å². The summed E-state index contributed by atoms with van der Waals surface area (Å²) in [4.78, 5) is 25.8. The van der Waals surface area contributed by atoms with E-state index in [9.17, 15) is 14.0 Å². The minimum atomic E-state index is -1.14. The van der Waals surface area contributed by atoms with Gasteiger partial charge in [-0.2, -0.15) is 0 Å². The zero-order chi connectivity index (χ0) is 14.9. The SMILES string of the molecule is Cc1[nH]cc(NC(=O)c2ccc(F)c(Br)c2)c1C(=O)O. The van der Waals surface area contributed by atoms with Crippen LogP contribution in [-0.4, -0.2) is 22.0 Å². The second kappa shape index (κ2) is 5.46. The third-order valence-electron chi connectivity index (χ3n) is 2.72. The van der Waals surface area contributed by atoms with Gasteiger partial charge in [0, 0.05) is 17.5 Å². The lowest BCUT2D eigenvalue weighted by Gasteiger charge is -2.05. The summed E-state index contributed by atoms with van der Waals surface area (Å²) in [6, 6.07) is 3.79. The molecule has 7 heteroatoms. The Kier molecular flexibility index (Phi) is 3.89. The first-order valence-electron chi connectivity index (χ1n) is 5.58. The van der Waals surface area contributed by atoms with Gasteiger partial charge in [-0.3, -0.25) is 4.79 Å². The molecule has 2 aromatic rings. The Hall–Kier alpha value is -2.15. The van der Waals surface area contributed by atoms with Crippen molar-refractivity contribution in [3.8, 4) is 0 Å². The standard InChI is InChI=1S/C13H10BrFN2O3/c1-6-11(13(19)20)10(5-16-6)17-12(18)7-2-3-9(15)8(14)4-7/h2-5,16H,1H3,(H,17,18)(H,19,20).